The van der Waals surface area contributed by atoms with E-state index in [0.717, 1.165) is 38.8 Å². The minimum absolute atomic E-state index is 0.0991. The van der Waals surface area contributed by atoms with E-state index in [4.69, 9.17) is 0 Å². The molecule has 0 spiro atoms. The van der Waals surface area contributed by atoms with Crippen LogP contribution in [0.15, 0.2) is 73.4 Å². The lowest BCUT2D eigenvalue weighted by Crippen LogP contribution is -2.26. The van der Waals surface area contributed by atoms with Crippen molar-refractivity contribution in [1.29, 1.82) is 0 Å². The first-order valence-corrected chi connectivity index (χ1v) is 9.86. The second-order valence-corrected chi connectivity index (χ2v) is 7.11. The maximum absolute atomic E-state index is 13.1. The van der Waals surface area contributed by atoms with E-state index < -0.39 is 6.04 Å². The van der Waals surface area contributed by atoms with Gasteiger partial charge in [0.25, 0.3) is 0 Å². The summed E-state index contributed by atoms with van der Waals surface area (Å²) in [6.45, 7) is 1.98. The number of amides is 1. The molecule has 0 bridgehead atoms. The highest BCUT2D eigenvalue weighted by Gasteiger charge is 2.21. The largest absolute Gasteiger partial charge is 0.346 e. The lowest BCUT2D eigenvalue weighted by atomic mass is 10.1. The molecule has 7 heteroatoms. The molecule has 5 rings (SSSR count). The van der Waals surface area contributed by atoms with Gasteiger partial charge in [0.05, 0.1) is 11.9 Å². The summed E-state index contributed by atoms with van der Waals surface area (Å²) in [4.78, 5) is 24.8. The first kappa shape index (κ1) is 18.1. The Hall–Kier alpha value is -4.00. The quantitative estimate of drug-likeness (QED) is 0.456. The summed E-state index contributed by atoms with van der Waals surface area (Å²) in [6, 6.07) is 15.4. The van der Waals surface area contributed by atoms with Crippen molar-refractivity contribution in [3.63, 3.8) is 0 Å². The molecule has 30 heavy (non-hydrogen) atoms. The molecule has 0 aliphatic rings. The Bertz CT molecular complexity index is 1350. The number of anilines is 1. The van der Waals surface area contributed by atoms with Crippen molar-refractivity contribution in [2.24, 2.45) is 0 Å². The predicted octanol–water partition coefficient (Wildman–Crippen LogP) is 4.56. The zero-order valence-corrected chi connectivity index (χ0v) is 16.4. The molecule has 0 fully saturated rings. The number of hydrogen-bond acceptors (Lipinski definition) is 4. The van der Waals surface area contributed by atoms with Gasteiger partial charge in [-0.15, -0.1) is 0 Å². The zero-order valence-electron chi connectivity index (χ0n) is 16.4. The smallest absolute Gasteiger partial charge is 0.249 e. The third-order valence-corrected chi connectivity index (χ3v) is 5.29. The Morgan fingerprint density at radius 3 is 2.87 bits per heavy atom. The number of nitrogens with zero attached hydrogens (tertiary/aromatic N) is 4. The number of H-pyrrole nitrogens is 1. The second-order valence-electron chi connectivity index (χ2n) is 7.11. The van der Waals surface area contributed by atoms with Crippen LogP contribution >= 0.6 is 0 Å². The molecule has 3 aromatic heterocycles. The second kappa shape index (κ2) is 7.44. The number of aromatic nitrogens is 5. The predicted molar refractivity (Wildman–Crippen MR) is 117 cm³/mol. The Morgan fingerprint density at radius 1 is 1.10 bits per heavy atom. The first-order chi connectivity index (χ1) is 14.7. The molecule has 5 aromatic rings. The molecule has 2 aromatic carbocycles. The maximum Gasteiger partial charge on any atom is 0.249 e. The number of fused-ring (bicyclic) bond motifs is 2. The van der Waals surface area contributed by atoms with Crippen LogP contribution < -0.4 is 5.32 Å². The fraction of sp³-hybridized carbons (Fsp3) is 0.130. The standard InChI is InChI=1S/C23H20N6O/c1-2-20(23(30)28-19-9-5-7-15-6-3-4-8-17(15)19)29-13-16(12-27-29)21-18-10-11-24-22(18)26-14-25-21/h3-14,20H,2H2,1H3,(H,28,30)(H,24,25,26). The van der Waals surface area contributed by atoms with Crippen LogP contribution in [0, 0.1) is 0 Å². The molecule has 0 aliphatic heterocycles. The minimum Gasteiger partial charge on any atom is -0.346 e. The molecule has 0 saturated carbocycles. The van der Waals surface area contributed by atoms with Crippen molar-refractivity contribution in [2.45, 2.75) is 19.4 Å². The molecule has 2 N–H and O–H groups in total. The summed E-state index contributed by atoms with van der Waals surface area (Å²) in [6.07, 6.45) is 7.57. The van der Waals surface area contributed by atoms with Crippen molar-refractivity contribution in [3.8, 4) is 11.3 Å². The SMILES string of the molecule is CCC(C(=O)Nc1cccc2ccccc12)n1cc(-c2ncnc3[nH]ccc23)cn1. The number of aromatic amines is 1. The van der Waals surface area contributed by atoms with E-state index in [0.29, 0.717) is 6.42 Å². The Morgan fingerprint density at radius 2 is 1.97 bits per heavy atom. The summed E-state index contributed by atoms with van der Waals surface area (Å²) in [5, 5.41) is 10.6. The van der Waals surface area contributed by atoms with Gasteiger partial charge in [-0.1, -0.05) is 43.3 Å². The molecule has 0 radical (unpaired) electrons. The lowest BCUT2D eigenvalue weighted by Gasteiger charge is -2.16. The molecule has 0 aliphatic carbocycles. The normalized spacial score (nSPS) is 12.3. The van der Waals surface area contributed by atoms with Gasteiger partial charge in [-0.05, 0) is 23.9 Å². The monoisotopic (exact) mass is 396 g/mol. The fourth-order valence-electron chi connectivity index (χ4n) is 3.78. The maximum atomic E-state index is 13.1. The van der Waals surface area contributed by atoms with E-state index in [-0.39, 0.29) is 5.91 Å². The van der Waals surface area contributed by atoms with Gasteiger partial charge in [-0.2, -0.15) is 5.10 Å². The summed E-state index contributed by atoms with van der Waals surface area (Å²) >= 11 is 0. The Labute approximate surface area is 172 Å². The molecule has 3 heterocycles. The van der Waals surface area contributed by atoms with Crippen LogP contribution in [-0.4, -0.2) is 30.6 Å². The molecule has 1 unspecified atom stereocenters. The number of rotatable bonds is 5. The van der Waals surface area contributed by atoms with Crippen LogP contribution in [0.2, 0.25) is 0 Å². The number of nitrogens with one attached hydrogen (secondary N) is 2. The highest BCUT2D eigenvalue weighted by molar-refractivity contribution is 6.03. The van der Waals surface area contributed by atoms with E-state index >= 15 is 0 Å². The van der Waals surface area contributed by atoms with Gasteiger partial charge in [0.1, 0.15) is 18.0 Å². The van der Waals surface area contributed by atoms with Gasteiger partial charge in [0.2, 0.25) is 5.91 Å². The first-order valence-electron chi connectivity index (χ1n) is 9.86. The van der Waals surface area contributed by atoms with Gasteiger partial charge in [-0.3, -0.25) is 9.48 Å². The van der Waals surface area contributed by atoms with Crippen molar-refractivity contribution >= 4 is 33.4 Å². The van der Waals surface area contributed by atoms with Gasteiger partial charge in [-0.25, -0.2) is 9.97 Å². The summed E-state index contributed by atoms with van der Waals surface area (Å²) < 4.78 is 1.70. The van der Waals surface area contributed by atoms with Crippen LogP contribution in [0.25, 0.3) is 33.1 Å². The Balaban J connectivity index is 1.44. The van der Waals surface area contributed by atoms with Crippen LogP contribution in [0.5, 0.6) is 0 Å². The van der Waals surface area contributed by atoms with E-state index in [1.807, 2.05) is 67.8 Å². The zero-order chi connectivity index (χ0) is 20.5. The average Bonchev–Trinajstić information content (AvgIpc) is 3.44. The average molecular weight is 396 g/mol. The van der Waals surface area contributed by atoms with Crippen LogP contribution in [-0.2, 0) is 4.79 Å². The van der Waals surface area contributed by atoms with E-state index in [9.17, 15) is 4.79 Å². The van der Waals surface area contributed by atoms with E-state index in [1.54, 1.807) is 10.9 Å². The molecule has 0 saturated heterocycles. The number of carbonyl (C=O) groups is 1. The molecule has 1 amide bonds. The molecule has 1 atom stereocenters. The lowest BCUT2D eigenvalue weighted by molar-refractivity contribution is -0.119. The summed E-state index contributed by atoms with van der Waals surface area (Å²) in [7, 11) is 0. The van der Waals surface area contributed by atoms with Crippen molar-refractivity contribution in [2.75, 3.05) is 5.32 Å². The molecule has 148 valence electrons. The van der Waals surface area contributed by atoms with E-state index in [2.05, 4.69) is 25.4 Å². The summed E-state index contributed by atoms with van der Waals surface area (Å²) in [5.74, 6) is -0.0991. The third kappa shape index (κ3) is 3.10. The van der Waals surface area contributed by atoms with Crippen molar-refractivity contribution in [1.82, 2.24) is 24.7 Å². The van der Waals surface area contributed by atoms with Gasteiger partial charge in [0.15, 0.2) is 0 Å². The number of hydrogen-bond donors (Lipinski definition) is 2. The third-order valence-electron chi connectivity index (χ3n) is 5.29. The fourth-order valence-corrected chi connectivity index (χ4v) is 3.78. The van der Waals surface area contributed by atoms with Crippen molar-refractivity contribution < 1.29 is 4.79 Å². The van der Waals surface area contributed by atoms with Gasteiger partial charge >= 0.3 is 0 Å². The number of benzene rings is 2. The molecule has 7 nitrogen and oxygen atoms in total. The van der Waals surface area contributed by atoms with Crippen molar-refractivity contribution in [3.05, 3.63) is 73.4 Å². The van der Waals surface area contributed by atoms with Gasteiger partial charge < -0.3 is 10.3 Å². The van der Waals surface area contributed by atoms with E-state index in [1.165, 1.54) is 6.33 Å². The highest BCUT2D eigenvalue weighted by atomic mass is 16.2. The summed E-state index contributed by atoms with van der Waals surface area (Å²) in [5.41, 5.74) is 3.21. The Kier molecular flexibility index (Phi) is 4.48. The van der Waals surface area contributed by atoms with Crippen LogP contribution in [0.3, 0.4) is 0 Å². The highest BCUT2D eigenvalue weighted by Crippen LogP contribution is 2.27. The topological polar surface area (TPSA) is 88.5 Å². The molecular weight excluding hydrogens is 376 g/mol. The van der Waals surface area contributed by atoms with Crippen LogP contribution in [0.4, 0.5) is 5.69 Å². The molecular formula is C23H20N6O. The number of carbonyl (C=O) groups excluding carboxylic acids is 1. The minimum atomic E-state index is -0.429. The van der Waals surface area contributed by atoms with Gasteiger partial charge in [0, 0.05) is 34.4 Å². The van der Waals surface area contributed by atoms with Crippen LogP contribution in [0.1, 0.15) is 19.4 Å².